The van der Waals surface area contributed by atoms with Gasteiger partial charge in [0.2, 0.25) is 0 Å². The molecule has 0 amide bonds. The van der Waals surface area contributed by atoms with E-state index in [-0.39, 0.29) is 10.8 Å². The van der Waals surface area contributed by atoms with Crippen molar-refractivity contribution in [1.82, 2.24) is 0 Å². The predicted molar refractivity (Wildman–Crippen MR) is 46.3 cm³/mol. The average molecular weight is 152 g/mol. The molecular weight excluding hydrogens is 136 g/mol. The lowest BCUT2D eigenvalue weighted by molar-refractivity contribution is -0.121. The van der Waals surface area contributed by atoms with Gasteiger partial charge in [-0.25, -0.2) is 0 Å². The first-order valence-electron chi connectivity index (χ1n) is 4.13. The highest BCUT2D eigenvalue weighted by Gasteiger charge is 2.40. The van der Waals surface area contributed by atoms with Crippen molar-refractivity contribution in [2.24, 2.45) is 10.8 Å². The minimum atomic E-state index is -0.151. The van der Waals surface area contributed by atoms with Gasteiger partial charge in [0, 0.05) is 5.41 Å². The van der Waals surface area contributed by atoms with Crippen LogP contribution in [0, 0.1) is 10.8 Å². The van der Waals surface area contributed by atoms with Crippen molar-refractivity contribution in [3.8, 4) is 0 Å². The monoisotopic (exact) mass is 152 g/mol. The summed E-state index contributed by atoms with van der Waals surface area (Å²) in [6, 6.07) is 0. The van der Waals surface area contributed by atoms with Crippen molar-refractivity contribution in [3.63, 3.8) is 0 Å². The molecule has 0 heterocycles. The van der Waals surface area contributed by atoms with Crippen LogP contribution in [0.4, 0.5) is 0 Å². The molecule has 0 aromatic heterocycles. The summed E-state index contributed by atoms with van der Waals surface area (Å²) < 4.78 is 0. The van der Waals surface area contributed by atoms with Crippen LogP contribution in [0.2, 0.25) is 0 Å². The summed E-state index contributed by atoms with van der Waals surface area (Å²) in [4.78, 5) is 10.9. The van der Waals surface area contributed by atoms with Crippen molar-refractivity contribution in [2.45, 2.75) is 33.6 Å². The maximum absolute atomic E-state index is 10.9. The van der Waals surface area contributed by atoms with E-state index in [1.807, 2.05) is 6.92 Å². The Morgan fingerprint density at radius 1 is 1.18 bits per heavy atom. The van der Waals surface area contributed by atoms with Crippen LogP contribution in [0.5, 0.6) is 0 Å². The van der Waals surface area contributed by atoms with Gasteiger partial charge in [0.15, 0.2) is 0 Å². The van der Waals surface area contributed by atoms with Crippen LogP contribution < -0.4 is 0 Å². The second-order valence-electron chi connectivity index (χ2n) is 4.30. The Labute approximate surface area is 68.5 Å². The van der Waals surface area contributed by atoms with Gasteiger partial charge in [-0.3, -0.25) is 0 Å². The van der Waals surface area contributed by atoms with E-state index in [1.165, 1.54) is 0 Å². The van der Waals surface area contributed by atoms with Crippen molar-refractivity contribution in [3.05, 3.63) is 12.2 Å². The zero-order chi connectivity index (χ0) is 8.54. The zero-order valence-electron chi connectivity index (χ0n) is 7.55. The second-order valence-corrected chi connectivity index (χ2v) is 4.30. The number of aldehydes is 1. The molecule has 0 radical (unpaired) electrons. The van der Waals surface area contributed by atoms with Gasteiger partial charge in [0.05, 0.1) is 0 Å². The Balaban J connectivity index is 2.94. The summed E-state index contributed by atoms with van der Waals surface area (Å²) in [6.45, 7) is 6.36. The largest absolute Gasteiger partial charge is 0.303 e. The quantitative estimate of drug-likeness (QED) is 0.417. The highest BCUT2D eigenvalue weighted by molar-refractivity contribution is 5.61. The molecule has 0 fully saturated rings. The Morgan fingerprint density at radius 3 is 2.09 bits per heavy atom. The topological polar surface area (TPSA) is 17.1 Å². The van der Waals surface area contributed by atoms with Crippen molar-refractivity contribution in [1.29, 1.82) is 0 Å². The summed E-state index contributed by atoms with van der Waals surface area (Å²) in [6.07, 6.45) is 7.30. The first-order valence-corrected chi connectivity index (χ1v) is 4.13. The van der Waals surface area contributed by atoms with Gasteiger partial charge in [0.25, 0.3) is 0 Å². The van der Waals surface area contributed by atoms with E-state index in [0.29, 0.717) is 0 Å². The summed E-state index contributed by atoms with van der Waals surface area (Å²) in [5.41, 5.74) is -0.0226. The van der Waals surface area contributed by atoms with Crippen LogP contribution in [-0.2, 0) is 4.79 Å². The third kappa shape index (κ3) is 1.24. The van der Waals surface area contributed by atoms with E-state index in [4.69, 9.17) is 0 Å². The minimum absolute atomic E-state index is 0.128. The Bertz CT molecular complexity index is 191. The number of hydrogen-bond donors (Lipinski definition) is 0. The maximum atomic E-state index is 10.9. The smallest absolute Gasteiger partial charge is 0.126 e. The number of rotatable bonds is 1. The molecule has 0 spiro atoms. The SMILES string of the molecule is CC1(C)CC=CCC1(C)C=O. The van der Waals surface area contributed by atoms with Crippen LogP contribution in [0.15, 0.2) is 12.2 Å². The number of allylic oxidation sites excluding steroid dienone is 2. The lowest BCUT2D eigenvalue weighted by Crippen LogP contribution is -2.37. The van der Waals surface area contributed by atoms with Gasteiger partial charge in [-0.2, -0.15) is 0 Å². The van der Waals surface area contributed by atoms with Crippen LogP contribution in [-0.4, -0.2) is 6.29 Å². The Morgan fingerprint density at radius 2 is 1.73 bits per heavy atom. The molecule has 11 heavy (non-hydrogen) atoms. The molecule has 1 rings (SSSR count). The third-order valence-electron chi connectivity index (χ3n) is 3.14. The first-order chi connectivity index (χ1) is 5.02. The van der Waals surface area contributed by atoms with Crippen molar-refractivity contribution in [2.75, 3.05) is 0 Å². The molecule has 0 aromatic rings. The van der Waals surface area contributed by atoms with Crippen molar-refractivity contribution >= 4 is 6.29 Å². The van der Waals surface area contributed by atoms with Crippen molar-refractivity contribution < 1.29 is 4.79 Å². The zero-order valence-corrected chi connectivity index (χ0v) is 7.55. The molecule has 0 aliphatic heterocycles. The molecular formula is C10H16O. The molecule has 0 bridgehead atoms. The average Bonchev–Trinajstić information content (AvgIpc) is 1.95. The maximum Gasteiger partial charge on any atom is 0.126 e. The molecule has 1 unspecified atom stereocenters. The van der Waals surface area contributed by atoms with Crippen LogP contribution >= 0.6 is 0 Å². The molecule has 1 nitrogen and oxygen atoms in total. The Kier molecular flexibility index (Phi) is 1.91. The molecule has 1 atom stereocenters. The fourth-order valence-electron chi connectivity index (χ4n) is 1.42. The summed E-state index contributed by atoms with van der Waals surface area (Å²) in [5.74, 6) is 0. The number of hydrogen-bond acceptors (Lipinski definition) is 1. The van der Waals surface area contributed by atoms with E-state index in [0.717, 1.165) is 19.1 Å². The molecule has 0 N–H and O–H groups in total. The highest BCUT2D eigenvalue weighted by atomic mass is 16.1. The summed E-state index contributed by atoms with van der Waals surface area (Å²) in [5, 5.41) is 0. The van der Waals surface area contributed by atoms with E-state index in [1.54, 1.807) is 0 Å². The molecule has 1 heteroatoms. The minimum Gasteiger partial charge on any atom is -0.303 e. The van der Waals surface area contributed by atoms with Gasteiger partial charge in [-0.05, 0) is 18.3 Å². The molecule has 0 aromatic carbocycles. The fraction of sp³-hybridized carbons (Fsp3) is 0.700. The van der Waals surface area contributed by atoms with Gasteiger partial charge in [-0.1, -0.05) is 32.9 Å². The highest BCUT2D eigenvalue weighted by Crippen LogP contribution is 2.45. The number of carbonyl (C=O) groups excluding carboxylic acids is 1. The second kappa shape index (κ2) is 2.47. The molecule has 0 saturated carbocycles. The normalized spacial score (nSPS) is 35.2. The van der Waals surface area contributed by atoms with Gasteiger partial charge in [0.1, 0.15) is 6.29 Å². The summed E-state index contributed by atoms with van der Waals surface area (Å²) >= 11 is 0. The number of carbonyl (C=O) groups is 1. The van der Waals surface area contributed by atoms with E-state index in [9.17, 15) is 4.79 Å². The van der Waals surface area contributed by atoms with E-state index >= 15 is 0 Å². The lowest BCUT2D eigenvalue weighted by atomic mass is 9.62. The fourth-order valence-corrected chi connectivity index (χ4v) is 1.42. The van der Waals surface area contributed by atoms with Gasteiger partial charge in [-0.15, -0.1) is 0 Å². The molecule has 1 aliphatic carbocycles. The van der Waals surface area contributed by atoms with Crippen LogP contribution in [0.3, 0.4) is 0 Å². The van der Waals surface area contributed by atoms with Crippen LogP contribution in [0.25, 0.3) is 0 Å². The molecule has 0 saturated heterocycles. The Hall–Kier alpha value is -0.590. The molecule has 1 aliphatic rings. The lowest BCUT2D eigenvalue weighted by Gasteiger charge is -2.41. The van der Waals surface area contributed by atoms with Crippen LogP contribution in [0.1, 0.15) is 33.6 Å². The molecule has 62 valence electrons. The van der Waals surface area contributed by atoms with Gasteiger partial charge < -0.3 is 4.79 Å². The first kappa shape index (κ1) is 8.51. The predicted octanol–water partition coefficient (Wildman–Crippen LogP) is 2.57. The van der Waals surface area contributed by atoms with E-state index < -0.39 is 0 Å². The van der Waals surface area contributed by atoms with E-state index in [2.05, 4.69) is 26.0 Å². The standard InChI is InChI=1S/C10H16O/c1-9(2)6-4-5-7-10(9,3)8-11/h4-5,8H,6-7H2,1-3H3. The third-order valence-corrected chi connectivity index (χ3v) is 3.14. The van der Waals surface area contributed by atoms with Gasteiger partial charge >= 0.3 is 0 Å². The summed E-state index contributed by atoms with van der Waals surface area (Å²) in [7, 11) is 0.